The van der Waals surface area contributed by atoms with Crippen molar-refractivity contribution in [3.8, 4) is 17.2 Å². The third kappa shape index (κ3) is 5.05. The average Bonchev–Trinajstić information content (AvgIpc) is 3.15. The number of methoxy groups -OCH3 is 3. The van der Waals surface area contributed by atoms with E-state index >= 15 is 0 Å². The Kier molecular flexibility index (Phi) is 7.59. The second-order valence-electron chi connectivity index (χ2n) is 5.52. The average molecular weight is 378 g/mol. The molecule has 2 rings (SSSR count). The number of nitrogens with one attached hydrogen (secondary N) is 2. The number of aliphatic imine (C=N–C) groups is 1. The van der Waals surface area contributed by atoms with Gasteiger partial charge in [0, 0.05) is 35.0 Å². The lowest BCUT2D eigenvalue weighted by Gasteiger charge is -2.16. The van der Waals surface area contributed by atoms with Gasteiger partial charge in [0.2, 0.25) is 0 Å². The molecule has 1 aromatic carbocycles. The van der Waals surface area contributed by atoms with Gasteiger partial charge >= 0.3 is 0 Å². The second kappa shape index (κ2) is 9.91. The summed E-state index contributed by atoms with van der Waals surface area (Å²) in [6, 6.07) is 8.06. The molecule has 1 heterocycles. The predicted octanol–water partition coefficient (Wildman–Crippen LogP) is 3.20. The maximum absolute atomic E-state index is 5.46. The van der Waals surface area contributed by atoms with Crippen LogP contribution in [0.25, 0.3) is 0 Å². The monoisotopic (exact) mass is 377 g/mol. The van der Waals surface area contributed by atoms with E-state index in [1.165, 1.54) is 9.75 Å². The smallest absolute Gasteiger partial charge is 0.191 e. The molecule has 26 heavy (non-hydrogen) atoms. The third-order valence-electron chi connectivity index (χ3n) is 3.95. The standard InChI is InChI=1S/C19H27N3O3S/c1-6-14-7-8-15(26-14)12-22-19(20-2)21-11-13-9-17(24-4)18(25-5)10-16(13)23-3/h7-10H,6,11-12H2,1-5H3,(H2,20,21,22). The van der Waals surface area contributed by atoms with Gasteiger partial charge in [-0.2, -0.15) is 0 Å². The van der Waals surface area contributed by atoms with E-state index in [1.807, 2.05) is 23.5 Å². The van der Waals surface area contributed by atoms with E-state index in [1.54, 1.807) is 28.4 Å². The molecule has 0 spiro atoms. The first-order valence-electron chi connectivity index (χ1n) is 8.46. The van der Waals surface area contributed by atoms with E-state index < -0.39 is 0 Å². The summed E-state index contributed by atoms with van der Waals surface area (Å²) in [6.45, 7) is 3.46. The second-order valence-corrected chi connectivity index (χ2v) is 6.77. The van der Waals surface area contributed by atoms with Crippen LogP contribution >= 0.6 is 11.3 Å². The van der Waals surface area contributed by atoms with Crippen molar-refractivity contribution in [3.63, 3.8) is 0 Å². The van der Waals surface area contributed by atoms with Crippen LogP contribution in [-0.2, 0) is 19.5 Å². The topological polar surface area (TPSA) is 64.1 Å². The zero-order valence-corrected chi connectivity index (χ0v) is 16.8. The number of benzene rings is 1. The zero-order chi connectivity index (χ0) is 18.9. The largest absolute Gasteiger partial charge is 0.496 e. The molecule has 0 aliphatic heterocycles. The van der Waals surface area contributed by atoms with E-state index in [0.717, 1.165) is 30.2 Å². The summed E-state index contributed by atoms with van der Waals surface area (Å²) >= 11 is 1.82. The van der Waals surface area contributed by atoms with Crippen LogP contribution in [0, 0.1) is 0 Å². The molecule has 0 radical (unpaired) electrons. The molecule has 0 unspecified atom stereocenters. The van der Waals surface area contributed by atoms with Crippen molar-refractivity contribution in [3.05, 3.63) is 39.6 Å². The Balaban J connectivity index is 2.01. The minimum Gasteiger partial charge on any atom is -0.496 e. The van der Waals surface area contributed by atoms with E-state index in [9.17, 15) is 0 Å². The van der Waals surface area contributed by atoms with E-state index in [-0.39, 0.29) is 0 Å². The van der Waals surface area contributed by atoms with Crippen molar-refractivity contribution >= 4 is 17.3 Å². The number of thiophene rings is 1. The lowest BCUT2D eigenvalue weighted by Crippen LogP contribution is -2.36. The fourth-order valence-corrected chi connectivity index (χ4v) is 3.41. The molecule has 7 heteroatoms. The quantitative estimate of drug-likeness (QED) is 0.546. The summed E-state index contributed by atoms with van der Waals surface area (Å²) in [4.78, 5) is 6.95. The van der Waals surface area contributed by atoms with Crippen molar-refractivity contribution < 1.29 is 14.2 Å². The van der Waals surface area contributed by atoms with Crippen LogP contribution in [0.5, 0.6) is 17.2 Å². The molecule has 0 fully saturated rings. The zero-order valence-electron chi connectivity index (χ0n) is 16.0. The minimum absolute atomic E-state index is 0.549. The Hall–Kier alpha value is -2.41. The lowest BCUT2D eigenvalue weighted by atomic mass is 10.1. The van der Waals surface area contributed by atoms with Crippen LogP contribution in [0.1, 0.15) is 22.2 Å². The van der Waals surface area contributed by atoms with Crippen LogP contribution in [0.3, 0.4) is 0 Å². The molecule has 0 aliphatic carbocycles. The molecule has 142 valence electrons. The summed E-state index contributed by atoms with van der Waals surface area (Å²) < 4.78 is 16.2. The number of aryl methyl sites for hydroxylation is 1. The van der Waals surface area contributed by atoms with Crippen molar-refractivity contribution in [2.24, 2.45) is 4.99 Å². The Morgan fingerprint density at radius 2 is 1.54 bits per heavy atom. The molecular weight excluding hydrogens is 350 g/mol. The summed E-state index contributed by atoms with van der Waals surface area (Å²) in [5, 5.41) is 6.64. The van der Waals surface area contributed by atoms with Gasteiger partial charge in [-0.3, -0.25) is 4.99 Å². The maximum atomic E-state index is 5.46. The molecule has 2 aromatic rings. The van der Waals surface area contributed by atoms with Crippen LogP contribution in [0.4, 0.5) is 0 Å². The highest BCUT2D eigenvalue weighted by atomic mass is 32.1. The van der Waals surface area contributed by atoms with Crippen molar-refractivity contribution in [2.45, 2.75) is 26.4 Å². The number of ether oxygens (including phenoxy) is 3. The van der Waals surface area contributed by atoms with E-state index in [2.05, 4.69) is 34.7 Å². The van der Waals surface area contributed by atoms with Gasteiger partial charge in [0.15, 0.2) is 17.5 Å². The summed E-state index contributed by atoms with van der Waals surface area (Å²) in [5.74, 6) is 2.77. The van der Waals surface area contributed by atoms with Gasteiger partial charge in [-0.05, 0) is 24.6 Å². The SMILES string of the molecule is CCc1ccc(CNC(=NC)NCc2cc(OC)c(OC)cc2OC)s1. The number of rotatable bonds is 8. The van der Waals surface area contributed by atoms with Gasteiger partial charge < -0.3 is 24.8 Å². The van der Waals surface area contributed by atoms with Crippen LogP contribution in [0.15, 0.2) is 29.3 Å². The Morgan fingerprint density at radius 1 is 0.923 bits per heavy atom. The van der Waals surface area contributed by atoms with Gasteiger partial charge in [-0.15, -0.1) is 11.3 Å². The van der Waals surface area contributed by atoms with Gasteiger partial charge in [0.1, 0.15) is 5.75 Å². The molecule has 6 nitrogen and oxygen atoms in total. The van der Waals surface area contributed by atoms with Crippen LogP contribution < -0.4 is 24.8 Å². The molecule has 0 saturated carbocycles. The van der Waals surface area contributed by atoms with Gasteiger partial charge in [-0.1, -0.05) is 6.92 Å². The maximum Gasteiger partial charge on any atom is 0.191 e. The molecule has 0 bridgehead atoms. The number of guanidine groups is 1. The normalized spacial score (nSPS) is 11.2. The highest BCUT2D eigenvalue weighted by molar-refractivity contribution is 7.11. The molecular formula is C19H27N3O3S. The first kappa shape index (κ1) is 19.9. The molecule has 0 saturated heterocycles. The van der Waals surface area contributed by atoms with E-state index in [0.29, 0.717) is 18.0 Å². The van der Waals surface area contributed by atoms with Crippen molar-refractivity contribution in [1.29, 1.82) is 0 Å². The third-order valence-corrected chi connectivity index (χ3v) is 5.18. The molecule has 1 aromatic heterocycles. The number of hydrogen-bond donors (Lipinski definition) is 2. The van der Waals surface area contributed by atoms with Crippen LogP contribution in [0.2, 0.25) is 0 Å². The van der Waals surface area contributed by atoms with Gasteiger partial charge in [0.25, 0.3) is 0 Å². The molecule has 0 aliphatic rings. The van der Waals surface area contributed by atoms with Crippen molar-refractivity contribution in [2.75, 3.05) is 28.4 Å². The molecule has 0 atom stereocenters. The predicted molar refractivity (Wildman–Crippen MR) is 107 cm³/mol. The Labute approximate surface area is 159 Å². The van der Waals surface area contributed by atoms with Gasteiger partial charge in [-0.25, -0.2) is 0 Å². The Morgan fingerprint density at radius 3 is 2.12 bits per heavy atom. The fraction of sp³-hybridized carbons (Fsp3) is 0.421. The lowest BCUT2D eigenvalue weighted by molar-refractivity contribution is 0.347. The fourth-order valence-electron chi connectivity index (χ4n) is 2.51. The first-order valence-corrected chi connectivity index (χ1v) is 9.27. The number of hydrogen-bond acceptors (Lipinski definition) is 5. The Bertz CT molecular complexity index is 744. The van der Waals surface area contributed by atoms with E-state index in [4.69, 9.17) is 14.2 Å². The summed E-state index contributed by atoms with van der Waals surface area (Å²) in [5.41, 5.74) is 0.956. The highest BCUT2D eigenvalue weighted by Gasteiger charge is 2.12. The number of nitrogens with zero attached hydrogens (tertiary/aromatic N) is 1. The van der Waals surface area contributed by atoms with Gasteiger partial charge in [0.05, 0.1) is 27.9 Å². The summed E-state index contributed by atoms with van der Waals surface area (Å²) in [6.07, 6.45) is 1.07. The molecule has 0 amide bonds. The molecule has 2 N–H and O–H groups in total. The van der Waals surface area contributed by atoms with Crippen LogP contribution in [-0.4, -0.2) is 34.3 Å². The highest BCUT2D eigenvalue weighted by Crippen LogP contribution is 2.34. The minimum atomic E-state index is 0.549. The first-order chi connectivity index (χ1) is 12.6. The van der Waals surface area contributed by atoms with Crippen molar-refractivity contribution in [1.82, 2.24) is 10.6 Å². The summed E-state index contributed by atoms with van der Waals surface area (Å²) in [7, 11) is 6.62.